The predicted octanol–water partition coefficient (Wildman–Crippen LogP) is 2.47. The predicted molar refractivity (Wildman–Crippen MR) is 96.0 cm³/mol. The first-order valence-corrected chi connectivity index (χ1v) is 8.10. The highest BCUT2D eigenvalue weighted by Gasteiger charge is 2.14. The van der Waals surface area contributed by atoms with Crippen molar-refractivity contribution >= 4 is 17.7 Å². The average molecular weight is 356 g/mol. The number of nitrogens with two attached hydrogens (primary N) is 1. The monoisotopic (exact) mass is 356 g/mol. The van der Waals surface area contributed by atoms with Gasteiger partial charge in [-0.1, -0.05) is 18.2 Å². The summed E-state index contributed by atoms with van der Waals surface area (Å²) in [4.78, 5) is 22.9. The first-order chi connectivity index (χ1) is 12.5. The smallest absolute Gasteiger partial charge is 0.316 e. The first kappa shape index (κ1) is 17.4. The Morgan fingerprint density at radius 1 is 1.12 bits per heavy atom. The van der Waals surface area contributed by atoms with Crippen molar-refractivity contribution in [2.75, 3.05) is 12.1 Å². The fourth-order valence-electron chi connectivity index (χ4n) is 2.56. The summed E-state index contributed by atoms with van der Waals surface area (Å²) in [7, 11) is 0. The molecule has 26 heavy (non-hydrogen) atoms. The summed E-state index contributed by atoms with van der Waals surface area (Å²) in [5, 5.41) is 8.16. The SMILES string of the molecule is C[C@H](NC(=O)NCc1ccc2c(c1)OCO2)c1ccc(NC(N)=O)cc1. The third kappa shape index (κ3) is 4.35. The lowest BCUT2D eigenvalue weighted by atomic mass is 10.1. The molecule has 1 aliphatic heterocycles. The van der Waals surface area contributed by atoms with E-state index in [0.29, 0.717) is 23.7 Å². The minimum Gasteiger partial charge on any atom is -0.454 e. The number of carbonyl (C=O) groups excluding carboxylic acids is 2. The maximum atomic E-state index is 12.1. The molecule has 3 rings (SSSR count). The number of urea groups is 2. The minimum absolute atomic E-state index is 0.200. The molecule has 8 nitrogen and oxygen atoms in total. The Morgan fingerprint density at radius 2 is 1.85 bits per heavy atom. The molecule has 4 amide bonds. The van der Waals surface area contributed by atoms with Crippen LogP contribution in [0.25, 0.3) is 0 Å². The van der Waals surface area contributed by atoms with Crippen LogP contribution in [-0.4, -0.2) is 18.9 Å². The van der Waals surface area contributed by atoms with E-state index in [1.165, 1.54) is 0 Å². The summed E-state index contributed by atoms with van der Waals surface area (Å²) < 4.78 is 10.6. The number of carbonyl (C=O) groups is 2. The topological polar surface area (TPSA) is 115 Å². The number of amides is 4. The zero-order chi connectivity index (χ0) is 18.5. The van der Waals surface area contributed by atoms with Crippen LogP contribution in [0.4, 0.5) is 15.3 Å². The van der Waals surface area contributed by atoms with Gasteiger partial charge in [0.2, 0.25) is 6.79 Å². The molecule has 1 atom stereocenters. The zero-order valence-electron chi connectivity index (χ0n) is 14.2. The van der Waals surface area contributed by atoms with Gasteiger partial charge in [-0.25, -0.2) is 9.59 Å². The highest BCUT2D eigenvalue weighted by atomic mass is 16.7. The van der Waals surface area contributed by atoms with Gasteiger partial charge in [-0.2, -0.15) is 0 Å². The van der Waals surface area contributed by atoms with Gasteiger partial charge in [0.05, 0.1) is 6.04 Å². The van der Waals surface area contributed by atoms with Gasteiger partial charge in [0.15, 0.2) is 11.5 Å². The van der Waals surface area contributed by atoms with E-state index in [-0.39, 0.29) is 18.9 Å². The Bertz CT molecular complexity index is 807. The minimum atomic E-state index is -0.619. The number of benzene rings is 2. The molecule has 0 unspecified atom stereocenters. The van der Waals surface area contributed by atoms with Gasteiger partial charge in [0.25, 0.3) is 0 Å². The van der Waals surface area contributed by atoms with Crippen molar-refractivity contribution in [3.8, 4) is 11.5 Å². The highest BCUT2D eigenvalue weighted by molar-refractivity contribution is 5.87. The maximum Gasteiger partial charge on any atom is 0.316 e. The second kappa shape index (κ2) is 7.64. The zero-order valence-corrected chi connectivity index (χ0v) is 14.2. The van der Waals surface area contributed by atoms with E-state index >= 15 is 0 Å². The van der Waals surface area contributed by atoms with Crippen LogP contribution < -0.4 is 31.2 Å². The number of ether oxygens (including phenoxy) is 2. The molecular weight excluding hydrogens is 336 g/mol. The normalized spacial score (nSPS) is 13.0. The molecule has 0 aromatic heterocycles. The molecular formula is C18H20N4O4. The van der Waals surface area contributed by atoms with Crippen LogP contribution in [0, 0.1) is 0 Å². The number of primary amides is 1. The summed E-state index contributed by atoms with van der Waals surface area (Å²) in [6.45, 7) is 2.46. The Balaban J connectivity index is 1.50. The van der Waals surface area contributed by atoms with Crippen molar-refractivity contribution in [1.82, 2.24) is 10.6 Å². The molecule has 0 saturated carbocycles. The van der Waals surface area contributed by atoms with Gasteiger partial charge in [0, 0.05) is 12.2 Å². The molecule has 8 heteroatoms. The lowest BCUT2D eigenvalue weighted by Crippen LogP contribution is -2.36. The van der Waals surface area contributed by atoms with Crippen molar-refractivity contribution < 1.29 is 19.1 Å². The molecule has 0 bridgehead atoms. The van der Waals surface area contributed by atoms with Crippen LogP contribution in [0.1, 0.15) is 24.1 Å². The van der Waals surface area contributed by atoms with E-state index in [1.807, 2.05) is 37.3 Å². The van der Waals surface area contributed by atoms with Gasteiger partial charge >= 0.3 is 12.1 Å². The van der Waals surface area contributed by atoms with Crippen molar-refractivity contribution in [2.24, 2.45) is 5.73 Å². The van der Waals surface area contributed by atoms with E-state index in [4.69, 9.17) is 15.2 Å². The number of rotatable bonds is 5. The van der Waals surface area contributed by atoms with Crippen molar-refractivity contribution in [1.29, 1.82) is 0 Å². The molecule has 0 fully saturated rings. The maximum absolute atomic E-state index is 12.1. The third-order valence-electron chi connectivity index (χ3n) is 3.92. The van der Waals surface area contributed by atoms with Crippen LogP contribution in [-0.2, 0) is 6.54 Å². The summed E-state index contributed by atoms with van der Waals surface area (Å²) in [5.74, 6) is 1.39. The molecule has 0 spiro atoms. The van der Waals surface area contributed by atoms with Gasteiger partial charge in [0.1, 0.15) is 0 Å². The second-order valence-electron chi connectivity index (χ2n) is 5.85. The van der Waals surface area contributed by atoms with Crippen molar-refractivity contribution in [3.63, 3.8) is 0 Å². The average Bonchev–Trinajstić information content (AvgIpc) is 3.07. The number of fused-ring (bicyclic) bond motifs is 1. The first-order valence-electron chi connectivity index (χ1n) is 8.10. The third-order valence-corrected chi connectivity index (χ3v) is 3.92. The van der Waals surface area contributed by atoms with E-state index in [0.717, 1.165) is 11.1 Å². The van der Waals surface area contributed by atoms with Crippen LogP contribution in [0.5, 0.6) is 11.5 Å². The van der Waals surface area contributed by atoms with E-state index in [1.54, 1.807) is 12.1 Å². The lowest BCUT2D eigenvalue weighted by Gasteiger charge is -2.15. The van der Waals surface area contributed by atoms with Crippen molar-refractivity contribution in [2.45, 2.75) is 19.5 Å². The van der Waals surface area contributed by atoms with E-state index in [2.05, 4.69) is 16.0 Å². The number of anilines is 1. The molecule has 2 aromatic rings. The quantitative estimate of drug-likeness (QED) is 0.659. The van der Waals surface area contributed by atoms with Gasteiger partial charge in [-0.15, -0.1) is 0 Å². The van der Waals surface area contributed by atoms with Gasteiger partial charge in [-0.05, 0) is 42.3 Å². The highest BCUT2D eigenvalue weighted by Crippen LogP contribution is 2.32. The molecule has 136 valence electrons. The van der Waals surface area contributed by atoms with Crippen LogP contribution in [0.2, 0.25) is 0 Å². The molecule has 1 heterocycles. The van der Waals surface area contributed by atoms with Crippen LogP contribution >= 0.6 is 0 Å². The fourth-order valence-corrected chi connectivity index (χ4v) is 2.56. The molecule has 0 aliphatic carbocycles. The summed E-state index contributed by atoms with van der Waals surface area (Å²) in [6.07, 6.45) is 0. The van der Waals surface area contributed by atoms with Crippen LogP contribution in [0.15, 0.2) is 42.5 Å². The number of nitrogens with one attached hydrogen (secondary N) is 3. The Kier molecular flexibility index (Phi) is 5.12. The summed E-state index contributed by atoms with van der Waals surface area (Å²) in [5.41, 5.74) is 7.48. The Morgan fingerprint density at radius 3 is 2.58 bits per heavy atom. The van der Waals surface area contributed by atoms with Gasteiger partial charge < -0.3 is 31.2 Å². The molecule has 5 N–H and O–H groups in total. The Labute approximate surface area is 150 Å². The lowest BCUT2D eigenvalue weighted by molar-refractivity contribution is 0.174. The fraction of sp³-hybridized carbons (Fsp3) is 0.222. The van der Waals surface area contributed by atoms with E-state index < -0.39 is 6.03 Å². The number of hydrogen-bond donors (Lipinski definition) is 4. The molecule has 1 aliphatic rings. The summed E-state index contributed by atoms with van der Waals surface area (Å²) >= 11 is 0. The van der Waals surface area contributed by atoms with Crippen LogP contribution in [0.3, 0.4) is 0 Å². The number of hydrogen-bond acceptors (Lipinski definition) is 4. The molecule has 2 aromatic carbocycles. The summed E-state index contributed by atoms with van der Waals surface area (Å²) in [6, 6.07) is 11.5. The second-order valence-corrected chi connectivity index (χ2v) is 5.85. The largest absolute Gasteiger partial charge is 0.454 e. The Hall–Kier alpha value is -3.42. The molecule has 0 radical (unpaired) electrons. The standard InChI is InChI=1S/C18H20N4O4/c1-11(13-3-5-14(6-4-13)22-17(19)23)21-18(24)20-9-12-2-7-15-16(8-12)26-10-25-15/h2-8,11H,9-10H2,1H3,(H3,19,22,23)(H2,20,21,24)/t11-/m0/s1. The molecule has 0 saturated heterocycles. The van der Waals surface area contributed by atoms with E-state index in [9.17, 15) is 9.59 Å². The van der Waals surface area contributed by atoms with Gasteiger partial charge in [-0.3, -0.25) is 0 Å². The van der Waals surface area contributed by atoms with Crippen molar-refractivity contribution in [3.05, 3.63) is 53.6 Å².